The maximum Gasteiger partial charge on any atom is 0.128 e. The van der Waals surface area contributed by atoms with Gasteiger partial charge in [0.05, 0.1) is 17.1 Å². The molecule has 0 saturated heterocycles. The number of hydrogen-bond donors (Lipinski definition) is 1. The van der Waals surface area contributed by atoms with E-state index in [9.17, 15) is 0 Å². The van der Waals surface area contributed by atoms with Crippen molar-refractivity contribution in [3.05, 3.63) is 48.6 Å². The van der Waals surface area contributed by atoms with E-state index in [1.807, 2.05) is 31.2 Å². The summed E-state index contributed by atoms with van der Waals surface area (Å²) in [6, 6.07) is 11.7. The monoisotopic (exact) mass is 223 g/mol. The lowest BCUT2D eigenvalue weighted by atomic mass is 10.1. The standard InChI is InChI=1S/C14H13N3/c1-3-10(2)16-14-8-11(9-15)12-6-4-5-7-13(12)17-14/h3-8,10H,1H2,2H3,(H,16,17). The number of pyridine rings is 1. The molecule has 84 valence electrons. The first-order chi connectivity index (χ1) is 8.24. The maximum absolute atomic E-state index is 9.13. The molecule has 1 N–H and O–H groups in total. The van der Waals surface area contributed by atoms with Crippen molar-refractivity contribution in [1.29, 1.82) is 5.26 Å². The molecular weight excluding hydrogens is 210 g/mol. The fraction of sp³-hybridized carbons (Fsp3) is 0.143. The third kappa shape index (κ3) is 2.26. The second-order valence-corrected chi connectivity index (χ2v) is 3.85. The molecule has 0 bridgehead atoms. The summed E-state index contributed by atoms with van der Waals surface area (Å²) in [4.78, 5) is 4.46. The van der Waals surface area contributed by atoms with E-state index in [4.69, 9.17) is 5.26 Å². The minimum absolute atomic E-state index is 0.121. The SMILES string of the molecule is C=CC(C)Nc1cc(C#N)c2ccccc2n1. The minimum Gasteiger partial charge on any atom is -0.364 e. The molecule has 3 nitrogen and oxygen atoms in total. The highest BCUT2D eigenvalue weighted by molar-refractivity contribution is 5.86. The molecule has 0 aliphatic rings. The van der Waals surface area contributed by atoms with Crippen LogP contribution in [0, 0.1) is 11.3 Å². The number of hydrogen-bond acceptors (Lipinski definition) is 3. The van der Waals surface area contributed by atoms with Crippen LogP contribution in [0.2, 0.25) is 0 Å². The lowest BCUT2D eigenvalue weighted by Gasteiger charge is -2.11. The molecule has 1 heterocycles. The molecule has 0 spiro atoms. The summed E-state index contributed by atoms with van der Waals surface area (Å²) < 4.78 is 0. The van der Waals surface area contributed by atoms with Gasteiger partial charge >= 0.3 is 0 Å². The fourth-order valence-electron chi connectivity index (χ4n) is 1.63. The Morgan fingerprint density at radius 1 is 1.47 bits per heavy atom. The molecule has 0 amide bonds. The lowest BCUT2D eigenvalue weighted by molar-refractivity contribution is 0.987. The van der Waals surface area contributed by atoms with Gasteiger partial charge in [-0.05, 0) is 19.1 Å². The molecule has 0 saturated carbocycles. The van der Waals surface area contributed by atoms with Crippen molar-refractivity contribution in [3.8, 4) is 6.07 Å². The zero-order chi connectivity index (χ0) is 12.3. The Morgan fingerprint density at radius 3 is 2.94 bits per heavy atom. The second-order valence-electron chi connectivity index (χ2n) is 3.85. The van der Waals surface area contributed by atoms with Gasteiger partial charge in [0.15, 0.2) is 0 Å². The number of nitrogens with one attached hydrogen (secondary N) is 1. The van der Waals surface area contributed by atoms with Crippen LogP contribution >= 0.6 is 0 Å². The van der Waals surface area contributed by atoms with Gasteiger partial charge in [0.1, 0.15) is 5.82 Å². The van der Waals surface area contributed by atoms with Crippen LogP contribution in [-0.4, -0.2) is 11.0 Å². The summed E-state index contributed by atoms with van der Waals surface area (Å²) in [7, 11) is 0. The van der Waals surface area contributed by atoms with E-state index in [1.54, 1.807) is 12.1 Å². The van der Waals surface area contributed by atoms with Gasteiger partial charge in [0.2, 0.25) is 0 Å². The fourth-order valence-corrected chi connectivity index (χ4v) is 1.63. The highest BCUT2D eigenvalue weighted by Gasteiger charge is 2.05. The molecule has 0 fully saturated rings. The van der Waals surface area contributed by atoms with E-state index >= 15 is 0 Å². The average Bonchev–Trinajstić information content (AvgIpc) is 2.37. The van der Waals surface area contributed by atoms with Crippen LogP contribution in [0.3, 0.4) is 0 Å². The lowest BCUT2D eigenvalue weighted by Crippen LogP contribution is -2.12. The van der Waals surface area contributed by atoms with Crippen molar-refractivity contribution in [3.63, 3.8) is 0 Å². The second kappa shape index (κ2) is 4.67. The Bertz CT molecular complexity index is 596. The summed E-state index contributed by atoms with van der Waals surface area (Å²) in [5, 5.41) is 13.2. The number of benzene rings is 1. The van der Waals surface area contributed by atoms with Crippen molar-refractivity contribution >= 4 is 16.7 Å². The predicted octanol–water partition coefficient (Wildman–Crippen LogP) is 3.09. The third-order valence-electron chi connectivity index (χ3n) is 2.57. The van der Waals surface area contributed by atoms with Crippen LogP contribution in [0.25, 0.3) is 10.9 Å². The van der Waals surface area contributed by atoms with Crippen molar-refractivity contribution in [2.75, 3.05) is 5.32 Å². The first-order valence-corrected chi connectivity index (χ1v) is 5.43. The van der Waals surface area contributed by atoms with Crippen molar-refractivity contribution in [1.82, 2.24) is 4.98 Å². The number of nitriles is 1. The molecule has 1 unspecified atom stereocenters. The van der Waals surface area contributed by atoms with Crippen molar-refractivity contribution in [2.24, 2.45) is 0 Å². The van der Waals surface area contributed by atoms with E-state index < -0.39 is 0 Å². The Kier molecular flexibility index (Phi) is 3.06. The molecule has 3 heteroatoms. The van der Waals surface area contributed by atoms with E-state index in [0.29, 0.717) is 11.4 Å². The molecule has 0 aliphatic carbocycles. The third-order valence-corrected chi connectivity index (χ3v) is 2.57. The molecule has 2 rings (SSSR count). The van der Waals surface area contributed by atoms with E-state index in [0.717, 1.165) is 10.9 Å². The highest BCUT2D eigenvalue weighted by atomic mass is 15.0. The van der Waals surface area contributed by atoms with Gasteiger partial charge < -0.3 is 5.32 Å². The van der Waals surface area contributed by atoms with E-state index in [2.05, 4.69) is 22.9 Å². The van der Waals surface area contributed by atoms with Crippen LogP contribution in [-0.2, 0) is 0 Å². The number of nitrogens with zero attached hydrogens (tertiary/aromatic N) is 2. The molecule has 1 atom stereocenters. The molecule has 1 aromatic heterocycles. The Morgan fingerprint density at radius 2 is 2.24 bits per heavy atom. The molecule has 17 heavy (non-hydrogen) atoms. The Balaban J connectivity index is 2.53. The number of anilines is 1. The zero-order valence-electron chi connectivity index (χ0n) is 9.64. The molecule has 1 aromatic carbocycles. The van der Waals surface area contributed by atoms with Crippen LogP contribution in [0.1, 0.15) is 12.5 Å². The molecule has 0 radical (unpaired) electrons. The molecule has 2 aromatic rings. The number of rotatable bonds is 3. The van der Waals surface area contributed by atoms with Crippen LogP contribution in [0.4, 0.5) is 5.82 Å². The van der Waals surface area contributed by atoms with Crippen LogP contribution in [0.5, 0.6) is 0 Å². The molecule has 0 aliphatic heterocycles. The largest absolute Gasteiger partial charge is 0.364 e. The number of para-hydroxylation sites is 1. The van der Waals surface area contributed by atoms with Crippen molar-refractivity contribution < 1.29 is 0 Å². The van der Waals surface area contributed by atoms with Crippen LogP contribution in [0.15, 0.2) is 43.0 Å². The topological polar surface area (TPSA) is 48.7 Å². The Hall–Kier alpha value is -2.34. The minimum atomic E-state index is 0.121. The van der Waals surface area contributed by atoms with Gasteiger partial charge in [-0.2, -0.15) is 5.26 Å². The smallest absolute Gasteiger partial charge is 0.128 e. The van der Waals surface area contributed by atoms with Crippen molar-refractivity contribution in [2.45, 2.75) is 13.0 Å². The van der Waals surface area contributed by atoms with Gasteiger partial charge in [0, 0.05) is 11.4 Å². The van der Waals surface area contributed by atoms with E-state index in [1.165, 1.54) is 0 Å². The average molecular weight is 223 g/mol. The van der Waals surface area contributed by atoms with Gasteiger partial charge in [-0.25, -0.2) is 4.98 Å². The first kappa shape index (κ1) is 11.2. The van der Waals surface area contributed by atoms with Gasteiger partial charge in [-0.3, -0.25) is 0 Å². The predicted molar refractivity (Wildman–Crippen MR) is 69.7 cm³/mol. The Labute approximate surface area is 100 Å². The first-order valence-electron chi connectivity index (χ1n) is 5.43. The summed E-state index contributed by atoms with van der Waals surface area (Å²) in [5.41, 5.74) is 1.46. The summed E-state index contributed by atoms with van der Waals surface area (Å²) in [6.45, 7) is 5.69. The summed E-state index contributed by atoms with van der Waals surface area (Å²) in [5.74, 6) is 0.702. The quantitative estimate of drug-likeness (QED) is 0.813. The number of fused-ring (bicyclic) bond motifs is 1. The molecular formula is C14H13N3. The number of aromatic nitrogens is 1. The van der Waals surface area contributed by atoms with Gasteiger partial charge in [-0.1, -0.05) is 24.3 Å². The maximum atomic E-state index is 9.13. The zero-order valence-corrected chi connectivity index (χ0v) is 9.64. The van der Waals surface area contributed by atoms with Gasteiger partial charge in [-0.15, -0.1) is 6.58 Å². The van der Waals surface area contributed by atoms with Crippen LogP contribution < -0.4 is 5.32 Å². The summed E-state index contributed by atoms with van der Waals surface area (Å²) >= 11 is 0. The summed E-state index contributed by atoms with van der Waals surface area (Å²) in [6.07, 6.45) is 1.79. The normalized spacial score (nSPS) is 11.8. The van der Waals surface area contributed by atoms with Gasteiger partial charge in [0.25, 0.3) is 0 Å². The van der Waals surface area contributed by atoms with E-state index in [-0.39, 0.29) is 6.04 Å². The highest BCUT2D eigenvalue weighted by Crippen LogP contribution is 2.20.